The van der Waals surface area contributed by atoms with Gasteiger partial charge in [-0.1, -0.05) is 36.4 Å². The first-order valence-electron chi connectivity index (χ1n) is 6.12. The summed E-state index contributed by atoms with van der Waals surface area (Å²) in [6.07, 6.45) is 2.05. The lowest BCUT2D eigenvalue weighted by molar-refractivity contribution is 0.157. The second-order valence-electron chi connectivity index (χ2n) is 4.31. The van der Waals surface area contributed by atoms with E-state index in [1.807, 2.05) is 36.4 Å². The van der Waals surface area contributed by atoms with Crippen LogP contribution in [0.4, 0.5) is 0 Å². The van der Waals surface area contributed by atoms with Crippen LogP contribution in [0.5, 0.6) is 5.75 Å². The molecule has 18 heavy (non-hydrogen) atoms. The molecule has 2 aromatic carbocycles. The van der Waals surface area contributed by atoms with Crippen LogP contribution in [-0.4, -0.2) is 4.57 Å². The molecule has 3 aromatic rings. The predicted molar refractivity (Wildman–Crippen MR) is 73.7 cm³/mol. The van der Waals surface area contributed by atoms with E-state index in [0.717, 1.165) is 5.75 Å². The Hall–Kier alpha value is -2.22. The van der Waals surface area contributed by atoms with Crippen molar-refractivity contribution in [3.05, 3.63) is 66.9 Å². The quantitative estimate of drug-likeness (QED) is 0.664. The maximum absolute atomic E-state index is 5.93. The van der Waals surface area contributed by atoms with Crippen molar-refractivity contribution < 1.29 is 4.74 Å². The molecule has 0 aliphatic heterocycles. The Morgan fingerprint density at radius 1 is 0.889 bits per heavy atom. The van der Waals surface area contributed by atoms with Crippen molar-refractivity contribution in [3.63, 3.8) is 0 Å². The van der Waals surface area contributed by atoms with Gasteiger partial charge in [0, 0.05) is 6.20 Å². The summed E-state index contributed by atoms with van der Waals surface area (Å²) in [5, 5.41) is 1.24. The lowest BCUT2D eigenvalue weighted by atomic mass is 10.2. The van der Waals surface area contributed by atoms with Gasteiger partial charge < -0.3 is 9.30 Å². The Bertz CT molecular complexity index is 642. The lowest BCUT2D eigenvalue weighted by Gasteiger charge is -2.17. The van der Waals surface area contributed by atoms with E-state index in [1.54, 1.807) is 0 Å². The number of fused-ring (bicyclic) bond motifs is 1. The van der Waals surface area contributed by atoms with Crippen LogP contribution in [0.3, 0.4) is 0 Å². The summed E-state index contributed by atoms with van der Waals surface area (Å²) in [6, 6.07) is 20.3. The molecule has 0 spiro atoms. The standard InChI is InChI=1S/C16H15NO/c1-13(18-15-8-3-2-4-9-15)17-12-11-14-7-5-6-10-16(14)17/h2-13H,1H3. The highest BCUT2D eigenvalue weighted by atomic mass is 16.5. The molecule has 0 N–H and O–H groups in total. The predicted octanol–water partition coefficient (Wildman–Crippen LogP) is 4.24. The van der Waals surface area contributed by atoms with Crippen molar-refractivity contribution in [1.82, 2.24) is 4.57 Å². The summed E-state index contributed by atoms with van der Waals surface area (Å²) in [7, 11) is 0. The minimum atomic E-state index is -0.0210. The van der Waals surface area contributed by atoms with Crippen molar-refractivity contribution in [1.29, 1.82) is 0 Å². The molecule has 3 rings (SSSR count). The first-order chi connectivity index (χ1) is 8.84. The van der Waals surface area contributed by atoms with Gasteiger partial charge in [-0.2, -0.15) is 0 Å². The summed E-state index contributed by atoms with van der Waals surface area (Å²) in [6.45, 7) is 2.06. The number of para-hydroxylation sites is 2. The third-order valence-corrected chi connectivity index (χ3v) is 3.07. The van der Waals surface area contributed by atoms with Gasteiger partial charge in [0.1, 0.15) is 5.75 Å². The van der Waals surface area contributed by atoms with Gasteiger partial charge in [-0.05, 0) is 36.6 Å². The Morgan fingerprint density at radius 3 is 2.44 bits per heavy atom. The van der Waals surface area contributed by atoms with Crippen molar-refractivity contribution in [3.8, 4) is 5.75 Å². The molecular weight excluding hydrogens is 222 g/mol. The third-order valence-electron chi connectivity index (χ3n) is 3.07. The summed E-state index contributed by atoms with van der Waals surface area (Å²) >= 11 is 0. The topological polar surface area (TPSA) is 14.2 Å². The average Bonchev–Trinajstić information content (AvgIpc) is 2.84. The van der Waals surface area contributed by atoms with Gasteiger partial charge in [0.25, 0.3) is 0 Å². The first kappa shape index (κ1) is 10.9. The van der Waals surface area contributed by atoms with E-state index in [1.165, 1.54) is 10.9 Å². The highest BCUT2D eigenvalue weighted by molar-refractivity contribution is 5.80. The molecule has 0 saturated carbocycles. The number of hydrogen-bond donors (Lipinski definition) is 0. The molecule has 90 valence electrons. The fourth-order valence-corrected chi connectivity index (χ4v) is 2.17. The molecule has 1 unspecified atom stereocenters. The van der Waals surface area contributed by atoms with Gasteiger partial charge in [0.05, 0.1) is 5.52 Å². The first-order valence-corrected chi connectivity index (χ1v) is 6.12. The number of hydrogen-bond acceptors (Lipinski definition) is 1. The molecule has 0 aliphatic rings. The highest BCUT2D eigenvalue weighted by Gasteiger charge is 2.08. The van der Waals surface area contributed by atoms with Gasteiger partial charge in [0.2, 0.25) is 0 Å². The molecule has 2 nitrogen and oxygen atoms in total. The van der Waals surface area contributed by atoms with Crippen LogP contribution < -0.4 is 4.74 Å². The van der Waals surface area contributed by atoms with E-state index in [2.05, 4.69) is 42.0 Å². The Morgan fingerprint density at radius 2 is 1.61 bits per heavy atom. The van der Waals surface area contributed by atoms with Crippen LogP contribution in [-0.2, 0) is 0 Å². The van der Waals surface area contributed by atoms with E-state index >= 15 is 0 Å². The lowest BCUT2D eigenvalue weighted by Crippen LogP contribution is -2.10. The normalized spacial score (nSPS) is 12.5. The maximum atomic E-state index is 5.93. The van der Waals surface area contributed by atoms with Crippen molar-refractivity contribution >= 4 is 10.9 Å². The molecule has 0 saturated heterocycles. The van der Waals surface area contributed by atoms with Gasteiger partial charge in [-0.15, -0.1) is 0 Å². The fraction of sp³-hybridized carbons (Fsp3) is 0.125. The van der Waals surface area contributed by atoms with Crippen LogP contribution in [0, 0.1) is 0 Å². The average molecular weight is 237 g/mol. The minimum Gasteiger partial charge on any atom is -0.470 e. The summed E-state index contributed by atoms with van der Waals surface area (Å²) in [5.41, 5.74) is 1.20. The third kappa shape index (κ3) is 1.97. The molecule has 1 heterocycles. The van der Waals surface area contributed by atoms with Gasteiger partial charge >= 0.3 is 0 Å². The van der Waals surface area contributed by atoms with Gasteiger partial charge in [-0.3, -0.25) is 0 Å². The van der Waals surface area contributed by atoms with E-state index in [9.17, 15) is 0 Å². The van der Waals surface area contributed by atoms with Crippen LogP contribution in [0.25, 0.3) is 10.9 Å². The van der Waals surface area contributed by atoms with Crippen LogP contribution in [0.1, 0.15) is 13.2 Å². The van der Waals surface area contributed by atoms with Crippen molar-refractivity contribution in [2.24, 2.45) is 0 Å². The van der Waals surface area contributed by atoms with Gasteiger partial charge in [-0.25, -0.2) is 0 Å². The molecule has 0 aliphatic carbocycles. The molecular formula is C16H15NO. The second-order valence-corrected chi connectivity index (χ2v) is 4.31. The number of benzene rings is 2. The fourth-order valence-electron chi connectivity index (χ4n) is 2.17. The van der Waals surface area contributed by atoms with Crippen LogP contribution >= 0.6 is 0 Å². The minimum absolute atomic E-state index is 0.0210. The Labute approximate surface area is 106 Å². The molecule has 1 aromatic heterocycles. The largest absolute Gasteiger partial charge is 0.470 e. The summed E-state index contributed by atoms with van der Waals surface area (Å²) in [5.74, 6) is 0.891. The van der Waals surface area contributed by atoms with E-state index < -0.39 is 0 Å². The van der Waals surface area contributed by atoms with Crippen molar-refractivity contribution in [2.75, 3.05) is 0 Å². The highest BCUT2D eigenvalue weighted by Crippen LogP contribution is 2.22. The molecule has 2 heteroatoms. The molecule has 0 amide bonds. The zero-order valence-corrected chi connectivity index (χ0v) is 10.3. The SMILES string of the molecule is CC(Oc1ccccc1)n1ccc2ccccc21. The number of aromatic nitrogens is 1. The monoisotopic (exact) mass is 237 g/mol. The molecule has 1 atom stereocenters. The second kappa shape index (κ2) is 4.57. The number of nitrogens with zero attached hydrogens (tertiary/aromatic N) is 1. The van der Waals surface area contributed by atoms with E-state index in [0.29, 0.717) is 0 Å². The Kier molecular flexibility index (Phi) is 2.77. The van der Waals surface area contributed by atoms with Gasteiger partial charge in [0.15, 0.2) is 6.23 Å². The van der Waals surface area contributed by atoms with Crippen LogP contribution in [0.15, 0.2) is 66.9 Å². The van der Waals surface area contributed by atoms with Crippen LogP contribution in [0.2, 0.25) is 0 Å². The molecule has 0 bridgehead atoms. The molecule has 0 fully saturated rings. The summed E-state index contributed by atoms with van der Waals surface area (Å²) < 4.78 is 8.07. The zero-order chi connectivity index (χ0) is 12.4. The van der Waals surface area contributed by atoms with E-state index in [-0.39, 0.29) is 6.23 Å². The maximum Gasteiger partial charge on any atom is 0.173 e. The Balaban J connectivity index is 1.90. The zero-order valence-electron chi connectivity index (χ0n) is 10.3. The summed E-state index contributed by atoms with van der Waals surface area (Å²) in [4.78, 5) is 0. The van der Waals surface area contributed by atoms with Crippen molar-refractivity contribution in [2.45, 2.75) is 13.2 Å². The molecule has 0 radical (unpaired) electrons. The number of rotatable bonds is 3. The smallest absolute Gasteiger partial charge is 0.173 e. The van der Waals surface area contributed by atoms with E-state index in [4.69, 9.17) is 4.74 Å². The number of ether oxygens (including phenoxy) is 1.